The van der Waals surface area contributed by atoms with Crippen molar-refractivity contribution in [3.8, 4) is 5.75 Å². The van der Waals surface area contributed by atoms with E-state index in [2.05, 4.69) is 10.6 Å². The Balaban J connectivity index is 2.14. The predicted octanol–water partition coefficient (Wildman–Crippen LogP) is 1.34. The second-order valence-corrected chi connectivity index (χ2v) is 6.40. The van der Waals surface area contributed by atoms with Gasteiger partial charge in [-0.05, 0) is 23.3 Å². The van der Waals surface area contributed by atoms with E-state index in [0.717, 1.165) is 11.1 Å². The minimum absolute atomic E-state index is 0.109. The van der Waals surface area contributed by atoms with Crippen LogP contribution in [0.1, 0.15) is 18.1 Å². The fourth-order valence-electron chi connectivity index (χ4n) is 2.78. The number of esters is 1. The van der Waals surface area contributed by atoms with Crippen molar-refractivity contribution in [2.45, 2.75) is 31.8 Å². The number of ether oxygens (including phenoxy) is 1. The summed E-state index contributed by atoms with van der Waals surface area (Å²) in [5.74, 6) is -1.31. The predicted molar refractivity (Wildman–Crippen MR) is 104 cm³/mol. The molecule has 2 rings (SSSR count). The average Bonchev–Trinajstić information content (AvgIpc) is 2.68. The van der Waals surface area contributed by atoms with Crippen molar-refractivity contribution in [1.29, 1.82) is 0 Å². The van der Waals surface area contributed by atoms with Gasteiger partial charge in [0.15, 0.2) is 0 Å². The zero-order valence-electron chi connectivity index (χ0n) is 15.8. The third-order valence-corrected chi connectivity index (χ3v) is 4.15. The normalized spacial score (nSPS) is 12.5. The molecule has 3 N–H and O–H groups in total. The Bertz CT molecular complexity index is 805. The van der Waals surface area contributed by atoms with E-state index in [0.29, 0.717) is 0 Å². The lowest BCUT2D eigenvalue weighted by Crippen LogP contribution is -2.53. The third-order valence-electron chi connectivity index (χ3n) is 4.15. The van der Waals surface area contributed by atoms with Gasteiger partial charge >= 0.3 is 5.97 Å². The van der Waals surface area contributed by atoms with E-state index in [-0.39, 0.29) is 24.5 Å². The number of benzene rings is 2. The number of nitrogens with one attached hydrogen (secondary N) is 2. The number of amides is 2. The van der Waals surface area contributed by atoms with Gasteiger partial charge in [-0.2, -0.15) is 0 Å². The molecule has 148 valence electrons. The molecule has 28 heavy (non-hydrogen) atoms. The zero-order chi connectivity index (χ0) is 20.5. The van der Waals surface area contributed by atoms with E-state index in [1.807, 2.05) is 30.3 Å². The molecule has 0 heterocycles. The van der Waals surface area contributed by atoms with Crippen LogP contribution in [0, 0.1) is 0 Å². The van der Waals surface area contributed by atoms with Crippen molar-refractivity contribution in [3.05, 3.63) is 65.7 Å². The number of carbonyl (C=O) groups excluding carboxylic acids is 3. The van der Waals surface area contributed by atoms with E-state index in [1.165, 1.54) is 26.2 Å². The summed E-state index contributed by atoms with van der Waals surface area (Å²) in [5.41, 5.74) is 1.62. The van der Waals surface area contributed by atoms with Gasteiger partial charge < -0.3 is 20.5 Å². The number of hydrogen-bond acceptors (Lipinski definition) is 5. The number of carbonyl (C=O) groups is 3. The molecular weight excluding hydrogens is 360 g/mol. The smallest absolute Gasteiger partial charge is 0.328 e. The van der Waals surface area contributed by atoms with E-state index in [4.69, 9.17) is 4.74 Å². The Morgan fingerprint density at radius 3 is 2.04 bits per heavy atom. The fourth-order valence-corrected chi connectivity index (χ4v) is 2.78. The summed E-state index contributed by atoms with van der Waals surface area (Å²) in [6, 6.07) is 13.8. The molecule has 0 aliphatic rings. The third kappa shape index (κ3) is 6.42. The van der Waals surface area contributed by atoms with E-state index in [9.17, 15) is 19.5 Å². The number of methoxy groups -OCH3 is 1. The Kier molecular flexibility index (Phi) is 7.56. The van der Waals surface area contributed by atoms with Crippen molar-refractivity contribution < 1.29 is 24.2 Å². The summed E-state index contributed by atoms with van der Waals surface area (Å²) in [6.45, 7) is 1.32. The minimum atomic E-state index is -0.879. The highest BCUT2D eigenvalue weighted by molar-refractivity contribution is 5.90. The molecule has 0 spiro atoms. The second-order valence-electron chi connectivity index (χ2n) is 6.40. The van der Waals surface area contributed by atoms with Crippen molar-refractivity contribution in [3.63, 3.8) is 0 Å². The van der Waals surface area contributed by atoms with Crippen LogP contribution < -0.4 is 10.6 Å². The lowest BCUT2D eigenvalue weighted by molar-refractivity contribution is -0.145. The lowest BCUT2D eigenvalue weighted by Gasteiger charge is -2.22. The molecule has 0 saturated carbocycles. The molecule has 0 radical (unpaired) electrons. The van der Waals surface area contributed by atoms with Gasteiger partial charge in [-0.25, -0.2) is 4.79 Å². The molecule has 0 bridgehead atoms. The highest BCUT2D eigenvalue weighted by atomic mass is 16.5. The van der Waals surface area contributed by atoms with Crippen LogP contribution in [0.4, 0.5) is 0 Å². The summed E-state index contributed by atoms with van der Waals surface area (Å²) in [6.07, 6.45) is 0.482. The van der Waals surface area contributed by atoms with Crippen LogP contribution >= 0.6 is 0 Å². The van der Waals surface area contributed by atoms with Gasteiger partial charge in [0.2, 0.25) is 11.8 Å². The molecule has 0 unspecified atom stereocenters. The van der Waals surface area contributed by atoms with Crippen LogP contribution in [0.2, 0.25) is 0 Å². The molecule has 0 aliphatic heterocycles. The maximum Gasteiger partial charge on any atom is 0.328 e. The average molecular weight is 384 g/mol. The Labute approximate surface area is 163 Å². The number of hydrogen-bond donors (Lipinski definition) is 3. The van der Waals surface area contributed by atoms with Crippen LogP contribution in [0.25, 0.3) is 0 Å². The van der Waals surface area contributed by atoms with Gasteiger partial charge in [0.05, 0.1) is 7.11 Å². The van der Waals surface area contributed by atoms with Gasteiger partial charge in [0.25, 0.3) is 0 Å². The number of phenolic OH excluding ortho intramolecular Hbond substituents is 1. The highest BCUT2D eigenvalue weighted by Gasteiger charge is 2.27. The minimum Gasteiger partial charge on any atom is -0.508 e. The summed E-state index contributed by atoms with van der Waals surface area (Å²) < 4.78 is 4.81. The zero-order valence-corrected chi connectivity index (χ0v) is 15.8. The maximum absolute atomic E-state index is 12.8. The quantitative estimate of drug-likeness (QED) is 0.596. The van der Waals surface area contributed by atoms with Crippen LogP contribution in [-0.4, -0.2) is 42.1 Å². The first kappa shape index (κ1) is 21.0. The van der Waals surface area contributed by atoms with Gasteiger partial charge in [0.1, 0.15) is 17.8 Å². The van der Waals surface area contributed by atoms with Crippen molar-refractivity contribution in [2.24, 2.45) is 0 Å². The molecule has 2 aromatic carbocycles. The first-order valence-corrected chi connectivity index (χ1v) is 8.86. The maximum atomic E-state index is 12.8. The Hall–Kier alpha value is -3.35. The van der Waals surface area contributed by atoms with Gasteiger partial charge in [0, 0.05) is 19.8 Å². The summed E-state index contributed by atoms with van der Waals surface area (Å²) >= 11 is 0. The molecule has 0 aromatic heterocycles. The number of rotatable bonds is 8. The monoisotopic (exact) mass is 384 g/mol. The molecule has 7 nitrogen and oxygen atoms in total. The molecule has 2 atom stereocenters. The molecule has 2 amide bonds. The van der Waals surface area contributed by atoms with Crippen LogP contribution in [0.15, 0.2) is 54.6 Å². The lowest BCUT2D eigenvalue weighted by atomic mass is 10.0. The van der Waals surface area contributed by atoms with E-state index >= 15 is 0 Å². The van der Waals surface area contributed by atoms with E-state index in [1.54, 1.807) is 12.1 Å². The molecule has 0 fully saturated rings. The van der Waals surface area contributed by atoms with Crippen LogP contribution in [0.5, 0.6) is 5.75 Å². The Morgan fingerprint density at radius 2 is 1.46 bits per heavy atom. The standard InChI is InChI=1S/C21H24N2O5/c1-14(24)22-18(12-16-8-10-17(25)11-9-16)20(26)23-19(21(27)28-2)13-15-6-4-3-5-7-15/h3-11,18-19,25H,12-13H2,1-2H3,(H,22,24)(H,23,26)/t18-,19-/m0/s1. The first-order chi connectivity index (χ1) is 13.4. The SMILES string of the molecule is COC(=O)[C@H](Cc1ccccc1)NC(=O)[C@H](Cc1ccc(O)cc1)NC(C)=O. The van der Waals surface area contributed by atoms with Gasteiger partial charge in [-0.1, -0.05) is 42.5 Å². The van der Waals surface area contributed by atoms with Crippen molar-refractivity contribution >= 4 is 17.8 Å². The summed E-state index contributed by atoms with van der Waals surface area (Å²) in [7, 11) is 1.26. The molecule has 7 heteroatoms. The number of aromatic hydroxyl groups is 1. The van der Waals surface area contributed by atoms with Gasteiger partial charge in [-0.3, -0.25) is 9.59 Å². The summed E-state index contributed by atoms with van der Waals surface area (Å²) in [4.78, 5) is 36.5. The topological polar surface area (TPSA) is 105 Å². The highest BCUT2D eigenvalue weighted by Crippen LogP contribution is 2.12. The fraction of sp³-hybridized carbons (Fsp3) is 0.286. The second kappa shape index (κ2) is 10.1. The van der Waals surface area contributed by atoms with Crippen molar-refractivity contribution in [2.75, 3.05) is 7.11 Å². The summed E-state index contributed by atoms with van der Waals surface area (Å²) in [5, 5.41) is 14.7. The largest absolute Gasteiger partial charge is 0.508 e. The number of phenols is 1. The van der Waals surface area contributed by atoms with E-state index < -0.39 is 24.0 Å². The molecular formula is C21H24N2O5. The molecule has 0 saturated heterocycles. The first-order valence-electron chi connectivity index (χ1n) is 8.86. The Morgan fingerprint density at radius 1 is 0.893 bits per heavy atom. The van der Waals surface area contributed by atoms with Crippen LogP contribution in [0.3, 0.4) is 0 Å². The van der Waals surface area contributed by atoms with Crippen molar-refractivity contribution in [1.82, 2.24) is 10.6 Å². The molecule has 0 aliphatic carbocycles. The molecule has 2 aromatic rings. The van der Waals surface area contributed by atoms with Crippen LogP contribution in [-0.2, 0) is 32.0 Å². The van der Waals surface area contributed by atoms with Gasteiger partial charge in [-0.15, -0.1) is 0 Å².